The van der Waals surface area contributed by atoms with Crippen molar-refractivity contribution in [3.05, 3.63) is 22.3 Å². The smallest absolute Gasteiger partial charge is 0.352 e. The van der Waals surface area contributed by atoms with Crippen molar-refractivity contribution in [2.45, 2.75) is 30.1 Å². The fourth-order valence-corrected chi connectivity index (χ4v) is 4.79. The second-order valence-corrected chi connectivity index (χ2v) is 8.17. The summed E-state index contributed by atoms with van der Waals surface area (Å²) in [4.78, 5) is 52.5. The lowest BCUT2D eigenvalue weighted by Crippen LogP contribution is -2.58. The Labute approximate surface area is 167 Å². The summed E-state index contributed by atoms with van der Waals surface area (Å²) >= 11 is 2.31. The lowest BCUT2D eigenvalue weighted by molar-refractivity contribution is -0.146. The number of nitrogens with one attached hydrogen (secondary N) is 1. The molecule has 0 spiro atoms. The van der Waals surface area contributed by atoms with Gasteiger partial charge in [-0.1, -0.05) is 0 Å². The molecule has 0 aromatic carbocycles. The van der Waals surface area contributed by atoms with Crippen LogP contribution in [0, 0.1) is 0 Å². The Kier molecular flexibility index (Phi) is 5.58. The maximum Gasteiger partial charge on any atom is 0.352 e. The van der Waals surface area contributed by atoms with E-state index in [1.165, 1.54) is 18.7 Å². The van der Waals surface area contributed by atoms with E-state index in [1.807, 2.05) is 0 Å². The first kappa shape index (κ1) is 20.1. The first-order valence-corrected chi connectivity index (χ1v) is 9.85. The minimum atomic E-state index is -1.35. The van der Waals surface area contributed by atoms with E-state index in [1.54, 1.807) is 5.38 Å². The number of nitrogens with zero attached hydrogens (tertiary/aromatic N) is 2. The Hall–Kier alpha value is -2.64. The zero-order valence-corrected chi connectivity index (χ0v) is 16.2. The van der Waals surface area contributed by atoms with Crippen molar-refractivity contribution in [3.8, 4) is 0 Å². The predicted octanol–water partition coefficient (Wildman–Crippen LogP) is -0.626. The van der Waals surface area contributed by atoms with Gasteiger partial charge in [0, 0.05) is 17.9 Å². The molecule has 13 heteroatoms. The van der Waals surface area contributed by atoms with E-state index in [0.717, 1.165) is 16.2 Å². The number of anilines is 1. The highest BCUT2D eigenvalue weighted by Gasteiger charge is 2.49. The zero-order valence-electron chi connectivity index (χ0n) is 14.6. The summed E-state index contributed by atoms with van der Waals surface area (Å²) in [5.41, 5.74) is 11.5. The second-order valence-electron chi connectivity index (χ2n) is 5.99. The fourth-order valence-electron chi connectivity index (χ4n) is 2.76. The molecule has 3 heterocycles. The number of fused-ring (bicyclic) bond motifs is 1. The van der Waals surface area contributed by atoms with Crippen LogP contribution in [0.4, 0.5) is 5.13 Å². The molecule has 2 aliphatic heterocycles. The minimum Gasteiger partial charge on any atom is -0.477 e. The van der Waals surface area contributed by atoms with Crippen LogP contribution in [0.15, 0.2) is 16.7 Å². The Morgan fingerprint density at radius 3 is 2.75 bits per heavy atom. The molecule has 3 atom stereocenters. The molecule has 1 aromatic rings. The number of esters is 1. The van der Waals surface area contributed by atoms with Crippen molar-refractivity contribution >= 4 is 52.0 Å². The Morgan fingerprint density at radius 1 is 1.50 bits per heavy atom. The number of carbonyl (C=O) groups is 4. The molecule has 3 rings (SSSR count). The first-order valence-electron chi connectivity index (χ1n) is 8.03. The molecule has 150 valence electrons. The molecule has 1 aromatic heterocycles. The molecule has 1 fully saturated rings. The van der Waals surface area contributed by atoms with Crippen molar-refractivity contribution in [3.63, 3.8) is 0 Å². The Balaban J connectivity index is 1.87. The van der Waals surface area contributed by atoms with Crippen LogP contribution in [0.5, 0.6) is 0 Å². The number of ether oxygens (including phenoxy) is 1. The molecule has 28 heavy (non-hydrogen) atoms. The van der Waals surface area contributed by atoms with Crippen molar-refractivity contribution in [1.29, 1.82) is 0 Å². The molecule has 0 radical (unpaired) electrons. The minimum absolute atomic E-state index is 0.0929. The number of carboxylic acid groups (broad SMARTS) is 1. The van der Waals surface area contributed by atoms with Gasteiger partial charge in [0.05, 0.1) is 17.5 Å². The number of hydrogen-bond acceptors (Lipinski definition) is 10. The van der Waals surface area contributed by atoms with Crippen LogP contribution in [0.25, 0.3) is 0 Å². The molecule has 2 unspecified atom stereocenters. The van der Waals surface area contributed by atoms with Gasteiger partial charge in [-0.15, -0.1) is 23.1 Å². The lowest BCUT2D eigenvalue weighted by Gasteiger charge is -2.46. The standard InChI is InChI=1S/C15H17N5O6S2/c1-5(21)26-3-6-11(14(24)25)20-8(22)2-9(20)28-13(6)19-12(23)10(16)7-4-27-15(17)18-7/h4,9-10,13H,2-3,16H2,1H3,(H2,17,18)(H,19,23)(H,24,25)/t9-,10?,13?/m1/s1. The van der Waals surface area contributed by atoms with E-state index < -0.39 is 34.6 Å². The van der Waals surface area contributed by atoms with Crippen LogP contribution < -0.4 is 16.8 Å². The number of rotatable bonds is 6. The zero-order chi connectivity index (χ0) is 20.6. The predicted molar refractivity (Wildman–Crippen MR) is 99.5 cm³/mol. The monoisotopic (exact) mass is 427 g/mol. The number of thioether (sulfide) groups is 1. The first-order chi connectivity index (χ1) is 13.2. The molecule has 0 aliphatic carbocycles. The summed E-state index contributed by atoms with van der Waals surface area (Å²) in [6.45, 7) is 0.787. The number of amides is 2. The second kappa shape index (κ2) is 7.77. The van der Waals surface area contributed by atoms with Crippen molar-refractivity contribution in [2.24, 2.45) is 5.73 Å². The number of carboxylic acids is 1. The maximum absolute atomic E-state index is 12.6. The molecule has 0 saturated carbocycles. The number of hydrogen-bond donors (Lipinski definition) is 4. The highest BCUT2D eigenvalue weighted by atomic mass is 32.2. The summed E-state index contributed by atoms with van der Waals surface area (Å²) in [6.07, 6.45) is 0.142. The van der Waals surface area contributed by atoms with E-state index in [2.05, 4.69) is 10.3 Å². The van der Waals surface area contributed by atoms with Gasteiger partial charge in [-0.2, -0.15) is 0 Å². The number of carbonyl (C=O) groups excluding carboxylic acids is 3. The van der Waals surface area contributed by atoms with Gasteiger partial charge in [-0.25, -0.2) is 9.78 Å². The number of β-lactam (4-membered cyclic amide) rings is 1. The number of aliphatic carboxylic acids is 1. The van der Waals surface area contributed by atoms with Gasteiger partial charge < -0.3 is 26.6 Å². The number of nitrogens with two attached hydrogens (primary N) is 2. The van der Waals surface area contributed by atoms with Crippen LogP contribution in [0.1, 0.15) is 25.1 Å². The summed E-state index contributed by atoms with van der Waals surface area (Å²) in [7, 11) is 0. The van der Waals surface area contributed by atoms with Crippen LogP contribution in [-0.2, 0) is 23.9 Å². The SMILES string of the molecule is CC(=O)OCC1=C(C(=O)O)N2C(=O)C[C@H]2SC1NC(=O)C(N)c1csc(N)n1. The quantitative estimate of drug-likeness (QED) is 0.337. The van der Waals surface area contributed by atoms with E-state index in [-0.39, 0.29) is 41.0 Å². The van der Waals surface area contributed by atoms with E-state index >= 15 is 0 Å². The van der Waals surface area contributed by atoms with Crippen LogP contribution in [0.3, 0.4) is 0 Å². The van der Waals surface area contributed by atoms with Crippen molar-refractivity contribution in [2.75, 3.05) is 12.3 Å². The van der Waals surface area contributed by atoms with Gasteiger partial charge in [0.25, 0.3) is 0 Å². The fraction of sp³-hybridized carbons (Fsp3) is 0.400. The highest BCUT2D eigenvalue weighted by molar-refractivity contribution is 8.00. The molecule has 6 N–H and O–H groups in total. The molecule has 1 saturated heterocycles. The van der Waals surface area contributed by atoms with E-state index in [4.69, 9.17) is 16.2 Å². The van der Waals surface area contributed by atoms with Crippen LogP contribution >= 0.6 is 23.1 Å². The van der Waals surface area contributed by atoms with Gasteiger partial charge >= 0.3 is 11.9 Å². The average Bonchev–Trinajstić information content (AvgIpc) is 3.04. The van der Waals surface area contributed by atoms with Gasteiger partial charge in [0.2, 0.25) is 11.8 Å². The van der Waals surface area contributed by atoms with Gasteiger partial charge in [0.1, 0.15) is 23.7 Å². The molecule has 11 nitrogen and oxygen atoms in total. The van der Waals surface area contributed by atoms with Crippen LogP contribution in [-0.4, -0.2) is 56.1 Å². The topological polar surface area (TPSA) is 178 Å². The third kappa shape index (κ3) is 3.81. The lowest BCUT2D eigenvalue weighted by atomic mass is 10.1. The summed E-state index contributed by atoms with van der Waals surface area (Å²) in [5, 5.41) is 12.8. The number of nitrogen functional groups attached to an aromatic ring is 1. The summed E-state index contributed by atoms with van der Waals surface area (Å²) < 4.78 is 4.94. The summed E-state index contributed by atoms with van der Waals surface area (Å²) in [6, 6.07) is -1.11. The number of thiazole rings is 1. The molecule has 2 amide bonds. The molecule has 2 aliphatic rings. The third-order valence-corrected chi connectivity index (χ3v) is 6.17. The van der Waals surface area contributed by atoms with Crippen LogP contribution in [0.2, 0.25) is 0 Å². The molecular formula is C15H17N5O6S2. The maximum atomic E-state index is 12.6. The van der Waals surface area contributed by atoms with Gasteiger partial charge in [-0.3, -0.25) is 19.3 Å². The molecular weight excluding hydrogens is 410 g/mol. The number of aromatic nitrogens is 1. The third-order valence-electron chi connectivity index (χ3n) is 4.11. The van der Waals surface area contributed by atoms with E-state index in [9.17, 15) is 24.3 Å². The average molecular weight is 427 g/mol. The largest absolute Gasteiger partial charge is 0.477 e. The van der Waals surface area contributed by atoms with E-state index in [0.29, 0.717) is 0 Å². The Morgan fingerprint density at radius 2 is 2.21 bits per heavy atom. The van der Waals surface area contributed by atoms with Gasteiger partial charge in [0.15, 0.2) is 5.13 Å². The van der Waals surface area contributed by atoms with Crippen molar-refractivity contribution < 1.29 is 29.0 Å². The Bertz CT molecular complexity index is 884. The highest BCUT2D eigenvalue weighted by Crippen LogP contribution is 2.43. The van der Waals surface area contributed by atoms with Gasteiger partial charge in [-0.05, 0) is 0 Å². The normalized spacial score (nSPS) is 22.2. The van der Waals surface area contributed by atoms with Crippen molar-refractivity contribution in [1.82, 2.24) is 15.2 Å². The molecule has 0 bridgehead atoms. The summed E-state index contributed by atoms with van der Waals surface area (Å²) in [5.74, 6) is -2.93.